The summed E-state index contributed by atoms with van der Waals surface area (Å²) in [4.78, 5) is 8.75. The van der Waals surface area contributed by atoms with Crippen LogP contribution in [-0.4, -0.2) is 21.4 Å². The quantitative estimate of drug-likeness (QED) is 0.161. The summed E-state index contributed by atoms with van der Waals surface area (Å²) in [5.41, 5.74) is 6.31. The van der Waals surface area contributed by atoms with Gasteiger partial charge in [-0.25, -0.2) is 0 Å². The Kier molecular flexibility index (Phi) is 7.12. The molecule has 0 aliphatic rings. The van der Waals surface area contributed by atoms with Crippen LogP contribution in [0.1, 0.15) is 27.8 Å². The number of aromatic hydroxyl groups is 2. The van der Waals surface area contributed by atoms with E-state index in [9.17, 15) is 10.2 Å². The Morgan fingerprint density at radius 3 is 1.68 bits per heavy atom. The van der Waals surface area contributed by atoms with E-state index in [1.807, 2.05) is 91.0 Å². The smallest absolute Gasteiger partial charge is 0.141 e. The second-order valence-electron chi connectivity index (χ2n) is 9.83. The summed E-state index contributed by atoms with van der Waals surface area (Å²) in [7, 11) is 0. The fraction of sp³-hybridized carbons (Fsp3) is 0.0270. The summed E-state index contributed by atoms with van der Waals surface area (Å²) >= 11 is 0. The van der Waals surface area contributed by atoms with Crippen molar-refractivity contribution in [3.8, 4) is 22.6 Å². The van der Waals surface area contributed by atoms with E-state index in [4.69, 9.17) is 0 Å². The van der Waals surface area contributed by atoms with Gasteiger partial charge in [-0.3, -0.25) is 9.98 Å². The molecule has 0 bridgehead atoms. The molecule has 4 heteroatoms. The molecule has 0 spiro atoms. The molecule has 0 saturated carbocycles. The molecule has 0 aliphatic carbocycles. The number of pyridine rings is 1. The lowest BCUT2D eigenvalue weighted by Crippen LogP contribution is -2.30. The Morgan fingerprint density at radius 2 is 1.15 bits per heavy atom. The Labute approximate surface area is 239 Å². The molecule has 6 rings (SSSR count). The lowest BCUT2D eigenvalue weighted by atomic mass is 9.65. The van der Waals surface area contributed by atoms with Crippen LogP contribution in [0.3, 0.4) is 0 Å². The molecule has 0 amide bonds. The fourth-order valence-corrected chi connectivity index (χ4v) is 5.44. The first-order chi connectivity index (χ1) is 20.2. The van der Waals surface area contributed by atoms with Crippen LogP contribution in [0.25, 0.3) is 11.1 Å². The van der Waals surface area contributed by atoms with Gasteiger partial charge < -0.3 is 10.2 Å². The molecule has 0 unspecified atom stereocenters. The monoisotopic (exact) mass is 532 g/mol. The summed E-state index contributed by atoms with van der Waals surface area (Å²) in [6.45, 7) is 0. The van der Waals surface area contributed by atoms with E-state index in [0.29, 0.717) is 11.3 Å². The van der Waals surface area contributed by atoms with Crippen LogP contribution < -0.4 is 0 Å². The van der Waals surface area contributed by atoms with Crippen LogP contribution in [0.4, 0.5) is 5.69 Å². The highest BCUT2D eigenvalue weighted by Crippen LogP contribution is 2.46. The van der Waals surface area contributed by atoms with Crippen molar-refractivity contribution in [1.82, 2.24) is 4.98 Å². The Balaban J connectivity index is 1.46. The maximum Gasteiger partial charge on any atom is 0.141 e. The number of rotatable bonds is 7. The van der Waals surface area contributed by atoms with Crippen LogP contribution in [-0.2, 0) is 5.41 Å². The zero-order valence-electron chi connectivity index (χ0n) is 22.3. The van der Waals surface area contributed by atoms with Gasteiger partial charge in [-0.05, 0) is 58.1 Å². The molecule has 4 nitrogen and oxygen atoms in total. The molecular weight excluding hydrogens is 504 g/mol. The number of aromatic nitrogens is 1. The number of phenols is 2. The van der Waals surface area contributed by atoms with E-state index in [1.54, 1.807) is 30.7 Å². The molecule has 1 aromatic heterocycles. The normalized spacial score (nSPS) is 11.5. The number of aliphatic imine (C=N–C) groups is 1. The molecule has 0 saturated heterocycles. The molecule has 0 fully saturated rings. The maximum absolute atomic E-state index is 11.3. The van der Waals surface area contributed by atoms with Gasteiger partial charge >= 0.3 is 0 Å². The van der Waals surface area contributed by atoms with Crippen molar-refractivity contribution < 1.29 is 10.2 Å². The highest BCUT2D eigenvalue weighted by Gasteiger charge is 2.38. The van der Waals surface area contributed by atoms with E-state index in [1.165, 1.54) is 0 Å². The first kappa shape index (κ1) is 25.8. The lowest BCUT2D eigenvalue weighted by Gasteiger charge is -2.37. The number of hydrogen-bond donors (Lipinski definition) is 2. The summed E-state index contributed by atoms with van der Waals surface area (Å²) in [6.07, 6.45) is 5.07. The minimum atomic E-state index is -0.667. The van der Waals surface area contributed by atoms with Crippen molar-refractivity contribution in [2.24, 2.45) is 4.99 Å². The van der Waals surface area contributed by atoms with Crippen molar-refractivity contribution in [3.05, 3.63) is 180 Å². The van der Waals surface area contributed by atoms with Gasteiger partial charge in [0, 0.05) is 29.7 Å². The maximum atomic E-state index is 11.3. The van der Waals surface area contributed by atoms with Crippen LogP contribution in [0.2, 0.25) is 0 Å². The number of nitrogens with zero attached hydrogens (tertiary/aromatic N) is 2. The molecule has 5 aromatic carbocycles. The van der Waals surface area contributed by atoms with E-state index < -0.39 is 5.41 Å². The molecular formula is C37H28N2O2. The van der Waals surface area contributed by atoms with Crippen LogP contribution >= 0.6 is 0 Å². The second kappa shape index (κ2) is 11.3. The standard InChI is InChI=1S/C37H28N2O2/c40-35-21-18-27(28-11-10-22-38-25-28)23-29(35)26-39-34-20-19-33(24-36(34)41)37(30-12-4-1-5-13-30,31-14-6-2-7-15-31)32-16-8-3-9-17-32/h1-26,40-41H. The minimum Gasteiger partial charge on any atom is -0.507 e. The molecule has 2 N–H and O–H groups in total. The van der Waals surface area contributed by atoms with E-state index in [0.717, 1.165) is 33.4 Å². The SMILES string of the molecule is Oc1ccc(-c2cccnc2)cc1C=Nc1ccc(C(c2ccccc2)(c2ccccc2)c2ccccc2)cc1O. The van der Waals surface area contributed by atoms with Gasteiger partial charge in [-0.2, -0.15) is 0 Å². The van der Waals surface area contributed by atoms with Gasteiger partial charge in [-0.15, -0.1) is 0 Å². The summed E-state index contributed by atoms with van der Waals surface area (Å²) < 4.78 is 0. The molecule has 0 atom stereocenters. The predicted octanol–water partition coefficient (Wildman–Crippen LogP) is 8.29. The van der Waals surface area contributed by atoms with Gasteiger partial charge in [0.2, 0.25) is 0 Å². The Hall–Kier alpha value is -5.48. The Morgan fingerprint density at radius 1 is 0.537 bits per heavy atom. The minimum absolute atomic E-state index is 0.0498. The lowest BCUT2D eigenvalue weighted by molar-refractivity contribution is 0.473. The van der Waals surface area contributed by atoms with Gasteiger partial charge in [0.25, 0.3) is 0 Å². The number of phenolic OH excluding ortho intramolecular Hbond substituents is 2. The molecule has 0 aliphatic heterocycles. The van der Waals surface area contributed by atoms with Crippen molar-refractivity contribution in [1.29, 1.82) is 0 Å². The molecule has 41 heavy (non-hydrogen) atoms. The van der Waals surface area contributed by atoms with Gasteiger partial charge in [0.15, 0.2) is 0 Å². The third-order valence-corrected chi connectivity index (χ3v) is 7.39. The predicted molar refractivity (Wildman–Crippen MR) is 165 cm³/mol. The fourth-order valence-electron chi connectivity index (χ4n) is 5.44. The zero-order valence-corrected chi connectivity index (χ0v) is 22.3. The highest BCUT2D eigenvalue weighted by atomic mass is 16.3. The van der Waals surface area contributed by atoms with Crippen LogP contribution in [0.15, 0.2) is 157 Å². The van der Waals surface area contributed by atoms with Gasteiger partial charge in [0.05, 0.1) is 5.41 Å². The Bertz CT molecular complexity index is 1690. The summed E-state index contributed by atoms with van der Waals surface area (Å²) in [6, 6.07) is 45.9. The first-order valence-electron chi connectivity index (χ1n) is 13.4. The van der Waals surface area contributed by atoms with Crippen molar-refractivity contribution >= 4 is 11.9 Å². The van der Waals surface area contributed by atoms with Crippen LogP contribution in [0, 0.1) is 0 Å². The largest absolute Gasteiger partial charge is 0.507 e. The van der Waals surface area contributed by atoms with E-state index in [-0.39, 0.29) is 11.5 Å². The zero-order chi connectivity index (χ0) is 28.1. The number of hydrogen-bond acceptors (Lipinski definition) is 4. The highest BCUT2D eigenvalue weighted by molar-refractivity contribution is 5.88. The van der Waals surface area contributed by atoms with Gasteiger partial charge in [0.1, 0.15) is 17.2 Å². The second-order valence-corrected chi connectivity index (χ2v) is 9.83. The average molecular weight is 533 g/mol. The van der Waals surface area contributed by atoms with E-state index >= 15 is 0 Å². The third-order valence-electron chi connectivity index (χ3n) is 7.39. The first-order valence-corrected chi connectivity index (χ1v) is 13.4. The number of benzene rings is 5. The van der Waals surface area contributed by atoms with Crippen molar-refractivity contribution in [3.63, 3.8) is 0 Å². The third kappa shape index (κ3) is 4.99. The molecule has 0 radical (unpaired) electrons. The summed E-state index contributed by atoms with van der Waals surface area (Å²) in [5.74, 6) is 0.155. The molecule has 1 heterocycles. The van der Waals surface area contributed by atoms with Crippen molar-refractivity contribution in [2.45, 2.75) is 5.41 Å². The average Bonchev–Trinajstić information content (AvgIpc) is 3.04. The molecule has 198 valence electrons. The molecule has 6 aromatic rings. The topological polar surface area (TPSA) is 65.7 Å². The summed E-state index contributed by atoms with van der Waals surface area (Å²) in [5, 5.41) is 21.8. The van der Waals surface area contributed by atoms with Crippen molar-refractivity contribution in [2.75, 3.05) is 0 Å². The van der Waals surface area contributed by atoms with E-state index in [2.05, 4.69) is 46.4 Å². The van der Waals surface area contributed by atoms with Crippen LogP contribution in [0.5, 0.6) is 11.5 Å². The van der Waals surface area contributed by atoms with Gasteiger partial charge in [-0.1, -0.05) is 109 Å².